The van der Waals surface area contributed by atoms with Crippen LogP contribution in [-0.4, -0.2) is 25.2 Å². The summed E-state index contributed by atoms with van der Waals surface area (Å²) in [5, 5.41) is 13.6. The third kappa shape index (κ3) is 5.58. The van der Waals surface area contributed by atoms with Gasteiger partial charge in [-0.25, -0.2) is 13.2 Å². The number of ether oxygens (including phenoxy) is 2. The number of benzene rings is 2. The summed E-state index contributed by atoms with van der Waals surface area (Å²) in [7, 11) is 1.39. The van der Waals surface area contributed by atoms with E-state index in [1.807, 2.05) is 13.8 Å². The molecule has 1 N–H and O–H groups in total. The van der Waals surface area contributed by atoms with E-state index in [4.69, 9.17) is 9.47 Å². The molecule has 0 saturated heterocycles. The zero-order chi connectivity index (χ0) is 20.6. The summed E-state index contributed by atoms with van der Waals surface area (Å²) in [6.07, 6.45) is 0. The maximum atomic E-state index is 14.1. The van der Waals surface area contributed by atoms with Crippen molar-refractivity contribution in [3.8, 4) is 5.75 Å². The van der Waals surface area contributed by atoms with E-state index in [0.717, 1.165) is 6.07 Å². The molecule has 0 heterocycles. The Balaban J connectivity index is 0.00000176. The van der Waals surface area contributed by atoms with Crippen molar-refractivity contribution in [2.24, 2.45) is 0 Å². The Kier molecular flexibility index (Phi) is 8.53. The van der Waals surface area contributed by atoms with Crippen molar-refractivity contribution < 1.29 is 27.6 Å². The molecule has 0 unspecified atom stereocenters. The number of nitrogens with zero attached hydrogens (tertiary/aromatic N) is 1. The smallest absolute Gasteiger partial charge is 0.337 e. The normalized spacial score (nSPS) is 10.0. The van der Waals surface area contributed by atoms with Gasteiger partial charge < -0.3 is 14.8 Å². The average molecular weight is 386 g/mol. The molecule has 0 aliphatic heterocycles. The molecule has 9 heteroatoms. The van der Waals surface area contributed by atoms with Crippen LogP contribution in [0.3, 0.4) is 0 Å². The Morgan fingerprint density at radius 3 is 2.33 bits per heavy atom. The van der Waals surface area contributed by atoms with Gasteiger partial charge in [-0.2, -0.15) is 0 Å². The molecule has 6 nitrogen and oxygen atoms in total. The summed E-state index contributed by atoms with van der Waals surface area (Å²) >= 11 is 0. The minimum absolute atomic E-state index is 0.0888. The average Bonchev–Trinajstić information content (AvgIpc) is 2.63. The summed E-state index contributed by atoms with van der Waals surface area (Å²) < 4.78 is 51.8. The Bertz CT molecular complexity index is 801. The van der Waals surface area contributed by atoms with Gasteiger partial charge in [0.05, 0.1) is 17.2 Å². The number of hydrogen-bond donors (Lipinski definition) is 1. The van der Waals surface area contributed by atoms with Crippen LogP contribution in [0.25, 0.3) is 0 Å². The second-order valence-corrected chi connectivity index (χ2v) is 5.10. The van der Waals surface area contributed by atoms with E-state index in [-0.39, 0.29) is 18.9 Å². The van der Waals surface area contributed by atoms with Gasteiger partial charge in [-0.15, -0.1) is 0 Å². The van der Waals surface area contributed by atoms with Crippen molar-refractivity contribution >= 4 is 17.1 Å². The van der Waals surface area contributed by atoms with Gasteiger partial charge in [-0.05, 0) is 24.6 Å². The van der Waals surface area contributed by atoms with E-state index in [0.29, 0.717) is 11.6 Å². The second-order valence-electron chi connectivity index (χ2n) is 5.10. The van der Waals surface area contributed by atoms with Crippen LogP contribution in [0.15, 0.2) is 24.3 Å². The number of aryl methyl sites for hydroxylation is 1. The molecule has 0 fully saturated rings. The van der Waals surface area contributed by atoms with Gasteiger partial charge in [-0.3, -0.25) is 10.1 Å². The highest BCUT2D eigenvalue weighted by atomic mass is 19.2. The topological polar surface area (TPSA) is 73.6 Å². The minimum Gasteiger partial charge on any atom is -0.484 e. The number of halogens is 3. The molecule has 0 atom stereocenters. The van der Waals surface area contributed by atoms with Crippen molar-refractivity contribution in [1.82, 2.24) is 0 Å². The lowest BCUT2D eigenvalue weighted by Crippen LogP contribution is -2.09. The van der Waals surface area contributed by atoms with E-state index in [9.17, 15) is 23.3 Å². The number of nitro benzene ring substituents is 1. The molecular formula is C18H21F3N2O4. The number of hydrogen-bond acceptors (Lipinski definition) is 5. The summed E-state index contributed by atoms with van der Waals surface area (Å²) in [6.45, 7) is 5.62. The zero-order valence-corrected chi connectivity index (χ0v) is 15.4. The molecule has 0 bridgehead atoms. The number of anilines is 2. The van der Waals surface area contributed by atoms with Crippen LogP contribution in [0.5, 0.6) is 5.75 Å². The second kappa shape index (κ2) is 10.4. The van der Waals surface area contributed by atoms with Gasteiger partial charge in [-0.1, -0.05) is 19.9 Å². The van der Waals surface area contributed by atoms with Crippen LogP contribution in [0.4, 0.5) is 30.2 Å². The van der Waals surface area contributed by atoms with Crippen LogP contribution < -0.4 is 10.1 Å². The van der Waals surface area contributed by atoms with Gasteiger partial charge in [0.15, 0.2) is 17.3 Å². The monoisotopic (exact) mass is 386 g/mol. The third-order valence-corrected chi connectivity index (χ3v) is 3.27. The molecule has 27 heavy (non-hydrogen) atoms. The van der Waals surface area contributed by atoms with E-state index in [2.05, 4.69) is 5.32 Å². The van der Waals surface area contributed by atoms with E-state index < -0.39 is 39.5 Å². The van der Waals surface area contributed by atoms with Gasteiger partial charge in [0.2, 0.25) is 5.75 Å². The van der Waals surface area contributed by atoms with Crippen LogP contribution in [0.1, 0.15) is 19.4 Å². The van der Waals surface area contributed by atoms with Crippen molar-refractivity contribution in [3.63, 3.8) is 0 Å². The highest BCUT2D eigenvalue weighted by molar-refractivity contribution is 5.75. The fourth-order valence-corrected chi connectivity index (χ4v) is 2.09. The van der Waals surface area contributed by atoms with E-state index >= 15 is 0 Å². The number of rotatable bonds is 7. The molecule has 0 aromatic heterocycles. The van der Waals surface area contributed by atoms with E-state index in [1.165, 1.54) is 19.2 Å². The maximum Gasteiger partial charge on any atom is 0.337 e. The Hall–Kier alpha value is -2.81. The SMILES string of the molecule is CC.COCCOc1cc(F)c(F)c(Nc2ccc(C)cc2F)c1[N+](=O)[O-]. The third-order valence-electron chi connectivity index (χ3n) is 3.27. The summed E-state index contributed by atoms with van der Waals surface area (Å²) in [6, 6.07) is 4.51. The molecule has 0 amide bonds. The van der Waals surface area contributed by atoms with Crippen molar-refractivity contribution in [3.05, 3.63) is 57.4 Å². The summed E-state index contributed by atoms with van der Waals surface area (Å²) in [5.74, 6) is -4.13. The van der Waals surface area contributed by atoms with Gasteiger partial charge in [0.1, 0.15) is 12.4 Å². The molecule has 0 radical (unpaired) electrons. The molecule has 0 aliphatic carbocycles. The molecule has 2 rings (SSSR count). The summed E-state index contributed by atoms with van der Waals surface area (Å²) in [5.41, 5.74) is -1.29. The molecule has 0 saturated carbocycles. The Morgan fingerprint density at radius 2 is 1.78 bits per heavy atom. The van der Waals surface area contributed by atoms with Crippen LogP contribution in [0, 0.1) is 34.5 Å². The fourth-order valence-electron chi connectivity index (χ4n) is 2.09. The van der Waals surface area contributed by atoms with Gasteiger partial charge >= 0.3 is 5.69 Å². The molecule has 2 aromatic carbocycles. The van der Waals surface area contributed by atoms with Crippen LogP contribution in [0.2, 0.25) is 0 Å². The largest absolute Gasteiger partial charge is 0.484 e. The molecule has 0 aliphatic rings. The first-order valence-corrected chi connectivity index (χ1v) is 8.16. The zero-order valence-electron chi connectivity index (χ0n) is 15.4. The molecule has 2 aromatic rings. The standard InChI is InChI=1S/C16H15F3N2O4.C2H6/c1-9-3-4-12(10(17)7-9)20-15-14(19)11(18)8-13(16(15)21(22)23)25-6-5-24-2;1-2/h3-4,7-8,20H,5-6H2,1-2H3;1-2H3. The first-order chi connectivity index (χ1) is 12.8. The highest BCUT2D eigenvalue weighted by Gasteiger charge is 2.29. The van der Waals surface area contributed by atoms with Gasteiger partial charge in [0, 0.05) is 13.2 Å². The maximum absolute atomic E-state index is 14.1. The quantitative estimate of drug-likeness (QED) is 0.406. The Morgan fingerprint density at radius 1 is 1.11 bits per heavy atom. The highest BCUT2D eigenvalue weighted by Crippen LogP contribution is 2.40. The Labute approximate surface area is 155 Å². The number of nitro groups is 1. The van der Waals surface area contributed by atoms with E-state index in [1.54, 1.807) is 6.92 Å². The number of nitrogens with one attached hydrogen (secondary N) is 1. The summed E-state index contributed by atoms with van der Waals surface area (Å²) in [4.78, 5) is 10.4. The van der Waals surface area contributed by atoms with Crippen LogP contribution in [-0.2, 0) is 4.74 Å². The lowest BCUT2D eigenvalue weighted by molar-refractivity contribution is -0.385. The fraction of sp³-hybridized carbons (Fsp3) is 0.333. The van der Waals surface area contributed by atoms with Crippen molar-refractivity contribution in [2.45, 2.75) is 20.8 Å². The minimum atomic E-state index is -1.51. The first kappa shape index (κ1) is 22.2. The molecule has 0 spiro atoms. The lowest BCUT2D eigenvalue weighted by Gasteiger charge is -2.13. The van der Waals surface area contributed by atoms with Crippen molar-refractivity contribution in [2.75, 3.05) is 25.6 Å². The van der Waals surface area contributed by atoms with Crippen molar-refractivity contribution in [1.29, 1.82) is 0 Å². The first-order valence-electron chi connectivity index (χ1n) is 8.16. The predicted molar refractivity (Wildman–Crippen MR) is 96.2 cm³/mol. The predicted octanol–water partition coefficient (Wildman–Crippen LogP) is 5.12. The van der Waals surface area contributed by atoms with Gasteiger partial charge in [0.25, 0.3) is 0 Å². The number of methoxy groups -OCH3 is 1. The molecular weight excluding hydrogens is 365 g/mol. The molecule has 148 valence electrons. The lowest BCUT2D eigenvalue weighted by atomic mass is 10.2. The van der Waals surface area contributed by atoms with Crippen LogP contribution >= 0.6 is 0 Å².